The number of rotatable bonds is 2. The molecule has 98 valence electrons. The van der Waals surface area contributed by atoms with Gasteiger partial charge in [-0.15, -0.1) is 0 Å². The molecule has 1 aliphatic heterocycles. The van der Waals surface area contributed by atoms with Crippen LogP contribution in [0.5, 0.6) is 11.5 Å². The Balaban J connectivity index is 1.87. The van der Waals surface area contributed by atoms with Gasteiger partial charge in [0.2, 0.25) is 0 Å². The van der Waals surface area contributed by atoms with Gasteiger partial charge in [0.1, 0.15) is 13.2 Å². The van der Waals surface area contributed by atoms with Crippen molar-refractivity contribution in [2.75, 3.05) is 18.9 Å². The number of hydrogen-bond donors (Lipinski definition) is 1. The molecule has 0 spiro atoms. The molecule has 0 saturated carbocycles. The van der Waals surface area contributed by atoms with Crippen molar-refractivity contribution >= 4 is 33.4 Å². The molecule has 0 bridgehead atoms. The number of halogens is 1. The van der Waals surface area contributed by atoms with E-state index in [0.29, 0.717) is 13.2 Å². The number of ether oxygens (including phenoxy) is 2. The Bertz CT molecular complexity index is 618. The predicted molar refractivity (Wildman–Crippen MR) is 80.1 cm³/mol. The Morgan fingerprint density at radius 3 is 2.58 bits per heavy atom. The first-order valence-corrected chi connectivity index (χ1v) is 7.46. The number of fused-ring (bicyclic) bond motifs is 1. The summed E-state index contributed by atoms with van der Waals surface area (Å²) in [7, 11) is 0. The summed E-state index contributed by atoms with van der Waals surface area (Å²) in [6, 6.07) is 11.8. The summed E-state index contributed by atoms with van der Waals surface area (Å²) in [6.07, 6.45) is 0. The second-order valence-corrected chi connectivity index (χ2v) is 6.12. The fourth-order valence-electron chi connectivity index (χ4n) is 1.83. The number of nitrogen functional groups attached to an aromatic ring is 1. The van der Waals surface area contributed by atoms with Gasteiger partial charge in [-0.3, -0.25) is 0 Å². The van der Waals surface area contributed by atoms with Crippen LogP contribution in [0.4, 0.5) is 5.69 Å². The Morgan fingerprint density at radius 1 is 1.00 bits per heavy atom. The van der Waals surface area contributed by atoms with E-state index in [2.05, 4.69) is 15.9 Å². The fourth-order valence-corrected chi connectivity index (χ4v) is 3.07. The standard InChI is InChI=1S/C14H12BrNO2S/c15-9-1-4-14(11(16)7-9)19-10-2-3-12-13(8-10)18-6-5-17-12/h1-4,7-8H,5-6,16H2. The highest BCUT2D eigenvalue weighted by atomic mass is 79.9. The molecule has 0 aliphatic carbocycles. The monoisotopic (exact) mass is 337 g/mol. The van der Waals surface area contributed by atoms with Crippen LogP contribution in [0.15, 0.2) is 50.7 Å². The van der Waals surface area contributed by atoms with E-state index in [1.165, 1.54) is 0 Å². The van der Waals surface area contributed by atoms with E-state index in [1.807, 2.05) is 36.4 Å². The Labute approximate surface area is 124 Å². The van der Waals surface area contributed by atoms with E-state index < -0.39 is 0 Å². The van der Waals surface area contributed by atoms with Crippen LogP contribution in [0.3, 0.4) is 0 Å². The summed E-state index contributed by atoms with van der Waals surface area (Å²) in [6.45, 7) is 1.21. The molecule has 1 heterocycles. The highest BCUT2D eigenvalue weighted by Crippen LogP contribution is 2.38. The van der Waals surface area contributed by atoms with Crippen LogP contribution in [0.25, 0.3) is 0 Å². The minimum Gasteiger partial charge on any atom is -0.486 e. The van der Waals surface area contributed by atoms with Gasteiger partial charge in [-0.2, -0.15) is 0 Å². The fraction of sp³-hybridized carbons (Fsp3) is 0.143. The van der Waals surface area contributed by atoms with Crippen LogP contribution in [-0.4, -0.2) is 13.2 Å². The van der Waals surface area contributed by atoms with E-state index in [9.17, 15) is 0 Å². The molecular weight excluding hydrogens is 326 g/mol. The lowest BCUT2D eigenvalue weighted by atomic mass is 10.3. The van der Waals surface area contributed by atoms with Gasteiger partial charge in [0.05, 0.1) is 0 Å². The van der Waals surface area contributed by atoms with E-state index in [-0.39, 0.29) is 0 Å². The zero-order valence-corrected chi connectivity index (χ0v) is 12.5. The molecule has 19 heavy (non-hydrogen) atoms. The van der Waals surface area contributed by atoms with E-state index in [1.54, 1.807) is 11.8 Å². The Hall–Kier alpha value is -1.33. The maximum Gasteiger partial charge on any atom is 0.162 e. The van der Waals surface area contributed by atoms with Gasteiger partial charge < -0.3 is 15.2 Å². The van der Waals surface area contributed by atoms with Crippen molar-refractivity contribution < 1.29 is 9.47 Å². The average molecular weight is 338 g/mol. The van der Waals surface area contributed by atoms with Crippen LogP contribution < -0.4 is 15.2 Å². The first kappa shape index (κ1) is 12.7. The van der Waals surface area contributed by atoms with Gasteiger partial charge in [0, 0.05) is 20.0 Å². The summed E-state index contributed by atoms with van der Waals surface area (Å²) >= 11 is 5.02. The molecule has 2 aromatic rings. The van der Waals surface area contributed by atoms with Crippen molar-refractivity contribution in [3.8, 4) is 11.5 Å². The largest absolute Gasteiger partial charge is 0.486 e. The minimum absolute atomic E-state index is 0.599. The quantitative estimate of drug-likeness (QED) is 0.842. The maximum atomic E-state index is 6.00. The third kappa shape index (κ3) is 2.82. The first-order chi connectivity index (χ1) is 9.22. The average Bonchev–Trinajstić information content (AvgIpc) is 2.42. The minimum atomic E-state index is 0.599. The number of anilines is 1. The SMILES string of the molecule is Nc1cc(Br)ccc1Sc1ccc2c(c1)OCCO2. The van der Waals surface area contributed by atoms with Crippen molar-refractivity contribution in [1.29, 1.82) is 0 Å². The van der Waals surface area contributed by atoms with Crippen LogP contribution in [-0.2, 0) is 0 Å². The van der Waals surface area contributed by atoms with Gasteiger partial charge in [-0.25, -0.2) is 0 Å². The summed E-state index contributed by atoms with van der Waals surface area (Å²) in [4.78, 5) is 2.11. The molecule has 0 amide bonds. The maximum absolute atomic E-state index is 6.00. The Kier molecular flexibility index (Phi) is 3.57. The normalized spacial score (nSPS) is 13.3. The van der Waals surface area contributed by atoms with Gasteiger partial charge in [-0.1, -0.05) is 27.7 Å². The van der Waals surface area contributed by atoms with Crippen molar-refractivity contribution in [3.05, 3.63) is 40.9 Å². The van der Waals surface area contributed by atoms with Gasteiger partial charge in [0.15, 0.2) is 11.5 Å². The molecule has 0 saturated heterocycles. The van der Waals surface area contributed by atoms with Crippen molar-refractivity contribution in [3.63, 3.8) is 0 Å². The van der Waals surface area contributed by atoms with Crippen molar-refractivity contribution in [2.24, 2.45) is 0 Å². The van der Waals surface area contributed by atoms with Crippen LogP contribution >= 0.6 is 27.7 Å². The highest BCUT2D eigenvalue weighted by Gasteiger charge is 2.12. The number of nitrogens with two attached hydrogens (primary N) is 1. The third-order valence-electron chi connectivity index (χ3n) is 2.71. The first-order valence-electron chi connectivity index (χ1n) is 5.85. The van der Waals surface area contributed by atoms with Crippen molar-refractivity contribution in [1.82, 2.24) is 0 Å². The summed E-state index contributed by atoms with van der Waals surface area (Å²) in [5, 5.41) is 0. The van der Waals surface area contributed by atoms with Gasteiger partial charge in [-0.05, 0) is 36.4 Å². The molecular formula is C14H12BrNO2S. The summed E-state index contributed by atoms with van der Waals surface area (Å²) in [5.41, 5.74) is 6.76. The molecule has 0 atom stereocenters. The van der Waals surface area contributed by atoms with E-state index in [4.69, 9.17) is 15.2 Å². The zero-order valence-electron chi connectivity index (χ0n) is 10.1. The molecule has 0 fully saturated rings. The van der Waals surface area contributed by atoms with Crippen molar-refractivity contribution in [2.45, 2.75) is 9.79 Å². The molecule has 3 nitrogen and oxygen atoms in total. The highest BCUT2D eigenvalue weighted by molar-refractivity contribution is 9.10. The van der Waals surface area contributed by atoms with Crippen LogP contribution in [0.2, 0.25) is 0 Å². The molecule has 2 aromatic carbocycles. The molecule has 5 heteroatoms. The lowest BCUT2D eigenvalue weighted by Gasteiger charge is -2.18. The Morgan fingerprint density at radius 2 is 1.79 bits per heavy atom. The molecule has 2 N–H and O–H groups in total. The van der Waals surface area contributed by atoms with Gasteiger partial charge in [0.25, 0.3) is 0 Å². The lowest BCUT2D eigenvalue weighted by Crippen LogP contribution is -2.15. The molecule has 1 aliphatic rings. The second-order valence-electron chi connectivity index (χ2n) is 4.09. The molecule has 3 rings (SSSR count). The number of hydrogen-bond acceptors (Lipinski definition) is 4. The summed E-state index contributed by atoms with van der Waals surface area (Å²) in [5.74, 6) is 1.60. The smallest absolute Gasteiger partial charge is 0.162 e. The third-order valence-corrected chi connectivity index (χ3v) is 4.29. The predicted octanol–water partition coefficient (Wildman–Crippen LogP) is 3.95. The summed E-state index contributed by atoms with van der Waals surface area (Å²) < 4.78 is 12.1. The number of benzene rings is 2. The molecule has 0 aromatic heterocycles. The van der Waals surface area contributed by atoms with Crippen LogP contribution in [0, 0.1) is 0 Å². The van der Waals surface area contributed by atoms with E-state index >= 15 is 0 Å². The van der Waals surface area contributed by atoms with Gasteiger partial charge >= 0.3 is 0 Å². The molecule has 0 unspecified atom stereocenters. The topological polar surface area (TPSA) is 44.5 Å². The second kappa shape index (κ2) is 5.35. The lowest BCUT2D eigenvalue weighted by molar-refractivity contribution is 0.171. The zero-order chi connectivity index (χ0) is 13.2. The van der Waals surface area contributed by atoms with Crippen LogP contribution in [0.1, 0.15) is 0 Å². The van der Waals surface area contributed by atoms with E-state index in [0.717, 1.165) is 31.5 Å². The molecule has 0 radical (unpaired) electrons.